The van der Waals surface area contributed by atoms with Gasteiger partial charge in [0.25, 0.3) is 11.6 Å². The number of rotatable bonds is 2. The van der Waals surface area contributed by atoms with Crippen LogP contribution in [0.4, 0.5) is 11.4 Å². The maximum Gasteiger partial charge on any atom is 0.270 e. The molecule has 1 aliphatic rings. The SMILES string of the molecule is CN(C)C=C1C(=O)N(C)c2ccc([N+](=O)[O-])cc2C1=S. The molecule has 20 heavy (non-hydrogen) atoms. The number of anilines is 1. The third-order valence-corrected chi connectivity index (χ3v) is 3.40. The Labute approximate surface area is 121 Å². The molecule has 7 heteroatoms. The molecule has 1 amide bonds. The van der Waals surface area contributed by atoms with Crippen molar-refractivity contribution < 1.29 is 9.72 Å². The average Bonchev–Trinajstić information content (AvgIpc) is 2.40. The zero-order chi connectivity index (χ0) is 15.0. The van der Waals surface area contributed by atoms with E-state index in [-0.39, 0.29) is 11.6 Å². The number of amides is 1. The van der Waals surface area contributed by atoms with Crippen LogP contribution < -0.4 is 4.90 Å². The Morgan fingerprint density at radius 2 is 2.05 bits per heavy atom. The van der Waals surface area contributed by atoms with Crippen molar-refractivity contribution in [3.63, 3.8) is 0 Å². The molecule has 0 fully saturated rings. The Morgan fingerprint density at radius 3 is 2.60 bits per heavy atom. The van der Waals surface area contributed by atoms with E-state index >= 15 is 0 Å². The van der Waals surface area contributed by atoms with Gasteiger partial charge < -0.3 is 9.80 Å². The molecule has 0 radical (unpaired) electrons. The molecule has 6 nitrogen and oxygen atoms in total. The van der Waals surface area contributed by atoms with Crippen LogP contribution in [0.15, 0.2) is 30.0 Å². The van der Waals surface area contributed by atoms with Gasteiger partial charge in [0.1, 0.15) is 0 Å². The highest BCUT2D eigenvalue weighted by Crippen LogP contribution is 2.32. The predicted octanol–water partition coefficient (Wildman–Crippen LogP) is 1.73. The summed E-state index contributed by atoms with van der Waals surface area (Å²) in [5.41, 5.74) is 1.43. The number of likely N-dealkylation sites (N-methyl/N-ethyl adjacent to an activating group) is 1. The maximum absolute atomic E-state index is 12.3. The summed E-state index contributed by atoms with van der Waals surface area (Å²) < 4.78 is 0. The van der Waals surface area contributed by atoms with E-state index in [9.17, 15) is 14.9 Å². The molecule has 0 aliphatic carbocycles. The summed E-state index contributed by atoms with van der Waals surface area (Å²) in [6.07, 6.45) is 1.63. The summed E-state index contributed by atoms with van der Waals surface area (Å²) in [7, 11) is 5.19. The summed E-state index contributed by atoms with van der Waals surface area (Å²) in [6.45, 7) is 0. The molecule has 0 atom stereocenters. The quantitative estimate of drug-likeness (QED) is 0.359. The lowest BCUT2D eigenvalue weighted by molar-refractivity contribution is -0.384. The van der Waals surface area contributed by atoms with Crippen LogP contribution in [-0.4, -0.2) is 41.7 Å². The van der Waals surface area contributed by atoms with Gasteiger partial charge in [-0.1, -0.05) is 12.2 Å². The standard InChI is InChI=1S/C13H13N3O3S/c1-14(2)7-10-12(20)9-6-8(16(18)19)4-5-11(9)15(3)13(10)17/h4-7H,1-3H3. The lowest BCUT2D eigenvalue weighted by atomic mass is 9.96. The highest BCUT2D eigenvalue weighted by molar-refractivity contribution is 7.81. The highest BCUT2D eigenvalue weighted by Gasteiger charge is 2.31. The van der Waals surface area contributed by atoms with Crippen LogP contribution in [0.25, 0.3) is 0 Å². The van der Waals surface area contributed by atoms with Gasteiger partial charge in [-0.3, -0.25) is 14.9 Å². The monoisotopic (exact) mass is 291 g/mol. The van der Waals surface area contributed by atoms with Crippen LogP contribution in [0.1, 0.15) is 5.56 Å². The number of carbonyl (C=O) groups excluding carboxylic acids is 1. The number of non-ortho nitro benzene ring substituents is 1. The zero-order valence-corrected chi connectivity index (χ0v) is 12.1. The van der Waals surface area contributed by atoms with Gasteiger partial charge in [0.05, 0.1) is 21.0 Å². The van der Waals surface area contributed by atoms with E-state index in [2.05, 4.69) is 0 Å². The molecule has 1 aromatic rings. The Hall–Kier alpha value is -2.28. The fourth-order valence-corrected chi connectivity index (χ4v) is 2.32. The van der Waals surface area contributed by atoms with Gasteiger partial charge >= 0.3 is 0 Å². The molecule has 0 N–H and O–H groups in total. The van der Waals surface area contributed by atoms with Crippen LogP contribution in [0, 0.1) is 10.1 Å². The van der Waals surface area contributed by atoms with Crippen LogP contribution in [0.5, 0.6) is 0 Å². The lowest BCUT2D eigenvalue weighted by Gasteiger charge is -2.28. The van der Waals surface area contributed by atoms with Crippen LogP contribution in [-0.2, 0) is 4.79 Å². The van der Waals surface area contributed by atoms with Crippen molar-refractivity contribution in [3.8, 4) is 0 Å². The first kappa shape index (κ1) is 14.1. The van der Waals surface area contributed by atoms with E-state index in [0.717, 1.165) is 0 Å². The number of hydrogen-bond acceptors (Lipinski definition) is 5. The third kappa shape index (κ3) is 2.27. The number of nitrogens with zero attached hydrogens (tertiary/aromatic N) is 3. The van der Waals surface area contributed by atoms with E-state index in [1.54, 1.807) is 38.3 Å². The zero-order valence-electron chi connectivity index (χ0n) is 11.3. The van der Waals surface area contributed by atoms with Crippen molar-refractivity contribution in [3.05, 3.63) is 45.6 Å². The second-order valence-electron chi connectivity index (χ2n) is 4.66. The number of thiocarbonyl (C=S) groups is 1. The topological polar surface area (TPSA) is 66.7 Å². The number of fused-ring (bicyclic) bond motifs is 1. The molecular formula is C13H13N3O3S. The van der Waals surface area contributed by atoms with E-state index in [4.69, 9.17) is 12.2 Å². The molecule has 1 aliphatic heterocycles. The Kier molecular flexibility index (Phi) is 3.54. The minimum atomic E-state index is -0.478. The Balaban J connectivity index is 2.63. The number of nitro groups is 1. The first-order valence-electron chi connectivity index (χ1n) is 5.82. The molecule has 1 heterocycles. The van der Waals surface area contributed by atoms with Gasteiger partial charge in [-0.25, -0.2) is 0 Å². The molecular weight excluding hydrogens is 278 g/mol. The molecule has 0 saturated carbocycles. The van der Waals surface area contributed by atoms with Crippen molar-refractivity contribution >= 4 is 34.4 Å². The largest absolute Gasteiger partial charge is 0.383 e. The number of nitro benzene ring substituents is 1. The van der Waals surface area contributed by atoms with Gasteiger partial charge in [-0.05, 0) is 6.07 Å². The van der Waals surface area contributed by atoms with Gasteiger partial charge in [-0.2, -0.15) is 0 Å². The van der Waals surface area contributed by atoms with E-state index in [1.165, 1.54) is 17.0 Å². The number of benzene rings is 1. The van der Waals surface area contributed by atoms with Crippen LogP contribution in [0.2, 0.25) is 0 Å². The maximum atomic E-state index is 12.3. The first-order valence-corrected chi connectivity index (χ1v) is 6.23. The van der Waals surface area contributed by atoms with Crippen molar-refractivity contribution in [1.29, 1.82) is 0 Å². The molecule has 0 spiro atoms. The smallest absolute Gasteiger partial charge is 0.270 e. The normalized spacial score (nSPS) is 16.4. The predicted molar refractivity (Wildman–Crippen MR) is 80.0 cm³/mol. The summed E-state index contributed by atoms with van der Waals surface area (Å²) in [6, 6.07) is 4.32. The fraction of sp³-hybridized carbons (Fsp3) is 0.231. The van der Waals surface area contributed by atoms with Crippen LogP contribution in [0.3, 0.4) is 0 Å². The summed E-state index contributed by atoms with van der Waals surface area (Å²) in [5, 5.41) is 10.9. The van der Waals surface area contributed by atoms with Gasteiger partial charge in [0.15, 0.2) is 0 Å². The van der Waals surface area contributed by atoms with Gasteiger partial charge in [0.2, 0.25) is 0 Å². The van der Waals surface area contributed by atoms with Crippen molar-refractivity contribution in [2.24, 2.45) is 0 Å². The molecule has 0 saturated heterocycles. The number of hydrogen-bond donors (Lipinski definition) is 0. The van der Waals surface area contributed by atoms with E-state index in [1.807, 2.05) is 0 Å². The van der Waals surface area contributed by atoms with Gasteiger partial charge in [-0.15, -0.1) is 0 Å². The number of carbonyl (C=O) groups is 1. The minimum absolute atomic E-state index is 0.0435. The molecule has 104 valence electrons. The first-order chi connectivity index (χ1) is 9.32. The minimum Gasteiger partial charge on any atom is -0.383 e. The summed E-state index contributed by atoms with van der Waals surface area (Å²) in [5.74, 6) is -0.218. The average molecular weight is 291 g/mol. The second-order valence-corrected chi connectivity index (χ2v) is 5.07. The second kappa shape index (κ2) is 5.01. The highest BCUT2D eigenvalue weighted by atomic mass is 32.1. The molecule has 0 bridgehead atoms. The Bertz CT molecular complexity index is 652. The summed E-state index contributed by atoms with van der Waals surface area (Å²) in [4.78, 5) is 26.1. The molecule has 1 aromatic carbocycles. The molecule has 0 aromatic heterocycles. The van der Waals surface area contributed by atoms with Crippen molar-refractivity contribution in [2.75, 3.05) is 26.0 Å². The van der Waals surface area contributed by atoms with E-state index in [0.29, 0.717) is 21.7 Å². The third-order valence-electron chi connectivity index (χ3n) is 2.96. The fourth-order valence-electron chi connectivity index (χ4n) is 2.02. The van der Waals surface area contributed by atoms with Crippen molar-refractivity contribution in [2.45, 2.75) is 0 Å². The van der Waals surface area contributed by atoms with Gasteiger partial charge in [0, 0.05) is 45.0 Å². The lowest BCUT2D eigenvalue weighted by Crippen LogP contribution is -2.37. The summed E-state index contributed by atoms with van der Waals surface area (Å²) >= 11 is 5.31. The van der Waals surface area contributed by atoms with E-state index < -0.39 is 4.92 Å². The Morgan fingerprint density at radius 1 is 1.40 bits per heavy atom. The van der Waals surface area contributed by atoms with Crippen LogP contribution >= 0.6 is 12.2 Å². The molecule has 2 rings (SSSR count). The van der Waals surface area contributed by atoms with Crippen molar-refractivity contribution in [1.82, 2.24) is 4.90 Å². The molecule has 0 unspecified atom stereocenters.